The van der Waals surface area contributed by atoms with Gasteiger partial charge in [-0.15, -0.1) is 0 Å². The Morgan fingerprint density at radius 2 is 2.00 bits per heavy atom. The normalized spacial score (nSPS) is 10.8. The van der Waals surface area contributed by atoms with Gasteiger partial charge in [-0.05, 0) is 42.0 Å². The molecule has 0 atom stereocenters. The van der Waals surface area contributed by atoms with Crippen LogP contribution in [0.3, 0.4) is 0 Å². The molecule has 0 fully saturated rings. The summed E-state index contributed by atoms with van der Waals surface area (Å²) in [6, 6.07) is 3.60. The van der Waals surface area contributed by atoms with E-state index in [2.05, 4.69) is 13.5 Å². The van der Waals surface area contributed by atoms with E-state index in [0.29, 0.717) is 0 Å². The van der Waals surface area contributed by atoms with Gasteiger partial charge in [0, 0.05) is 0 Å². The Morgan fingerprint density at radius 3 is 2.40 bits per heavy atom. The van der Waals surface area contributed by atoms with E-state index in [9.17, 15) is 4.39 Å². The summed E-state index contributed by atoms with van der Waals surface area (Å²) in [4.78, 5) is 0. The zero-order valence-electron chi connectivity index (χ0n) is 10.0. The first-order valence-corrected chi connectivity index (χ1v) is 5.45. The third-order valence-electron chi connectivity index (χ3n) is 2.69. The minimum Gasteiger partial charge on any atom is -0.207 e. The lowest BCUT2D eigenvalue weighted by molar-refractivity contribution is 0.596. The highest BCUT2D eigenvalue weighted by atomic mass is 19.1. The molecule has 0 aromatic heterocycles. The van der Waals surface area contributed by atoms with Crippen molar-refractivity contribution in [1.82, 2.24) is 0 Å². The van der Waals surface area contributed by atoms with Gasteiger partial charge in [0.15, 0.2) is 0 Å². The van der Waals surface area contributed by atoms with Gasteiger partial charge in [-0.1, -0.05) is 39.0 Å². The highest BCUT2D eigenvalue weighted by Crippen LogP contribution is 2.26. The van der Waals surface area contributed by atoms with E-state index in [-0.39, 0.29) is 11.7 Å². The van der Waals surface area contributed by atoms with Gasteiger partial charge >= 0.3 is 0 Å². The summed E-state index contributed by atoms with van der Waals surface area (Å²) in [7, 11) is 0. The van der Waals surface area contributed by atoms with E-state index < -0.39 is 0 Å². The van der Waals surface area contributed by atoms with Gasteiger partial charge in [0.2, 0.25) is 0 Å². The first-order valence-electron chi connectivity index (χ1n) is 5.45. The molecule has 0 heterocycles. The number of hydrogen-bond acceptors (Lipinski definition) is 0. The topological polar surface area (TPSA) is 0 Å². The van der Waals surface area contributed by atoms with E-state index in [1.165, 1.54) is 5.56 Å². The highest BCUT2D eigenvalue weighted by molar-refractivity contribution is 5.65. The average Bonchev–Trinajstić information content (AvgIpc) is 2.16. The van der Waals surface area contributed by atoms with Gasteiger partial charge in [-0.2, -0.15) is 0 Å². The maximum Gasteiger partial charge on any atom is 0.127 e. The first kappa shape index (κ1) is 12.0. The first-order chi connectivity index (χ1) is 6.97. The summed E-state index contributed by atoms with van der Waals surface area (Å²) < 4.78 is 13.7. The number of rotatable bonds is 3. The molecule has 0 amide bonds. The Labute approximate surface area is 91.8 Å². The largest absolute Gasteiger partial charge is 0.207 e. The smallest absolute Gasteiger partial charge is 0.127 e. The van der Waals surface area contributed by atoms with Crippen LogP contribution in [0.1, 0.15) is 50.3 Å². The van der Waals surface area contributed by atoms with Crippen LogP contribution in [0.4, 0.5) is 4.39 Å². The fourth-order valence-corrected chi connectivity index (χ4v) is 1.77. The zero-order valence-corrected chi connectivity index (χ0v) is 10.0. The van der Waals surface area contributed by atoms with Gasteiger partial charge in [-0.3, -0.25) is 0 Å². The van der Waals surface area contributed by atoms with Crippen molar-refractivity contribution in [2.24, 2.45) is 0 Å². The molecule has 1 aromatic carbocycles. The molecular formula is C14H19F. The molecule has 0 nitrogen and oxygen atoms in total. The van der Waals surface area contributed by atoms with Crippen molar-refractivity contribution in [3.63, 3.8) is 0 Å². The maximum atomic E-state index is 13.7. The molecule has 15 heavy (non-hydrogen) atoms. The van der Waals surface area contributed by atoms with E-state index in [0.717, 1.165) is 23.1 Å². The van der Waals surface area contributed by atoms with Crippen LogP contribution >= 0.6 is 0 Å². The molecule has 0 aliphatic rings. The fourth-order valence-electron chi connectivity index (χ4n) is 1.77. The Balaban J connectivity index is 3.35. The molecule has 0 aliphatic carbocycles. The molecule has 0 unspecified atom stereocenters. The second-order valence-corrected chi connectivity index (χ2v) is 4.32. The highest BCUT2D eigenvalue weighted by Gasteiger charge is 2.11. The van der Waals surface area contributed by atoms with Crippen LogP contribution in [0, 0.1) is 5.82 Å². The summed E-state index contributed by atoms with van der Waals surface area (Å²) in [6.45, 7) is 11.9. The van der Waals surface area contributed by atoms with Crippen LogP contribution in [0.2, 0.25) is 0 Å². The van der Waals surface area contributed by atoms with E-state index in [1.807, 2.05) is 26.8 Å². The molecule has 1 heteroatoms. The van der Waals surface area contributed by atoms with Crippen molar-refractivity contribution >= 4 is 5.57 Å². The molecule has 1 rings (SSSR count). The van der Waals surface area contributed by atoms with Crippen LogP contribution in [0.15, 0.2) is 18.7 Å². The summed E-state index contributed by atoms with van der Waals surface area (Å²) in [5, 5.41) is 0. The van der Waals surface area contributed by atoms with Crippen molar-refractivity contribution in [3.8, 4) is 0 Å². The molecule has 0 N–H and O–H groups in total. The predicted octanol–water partition coefficient (Wildman–Crippen LogP) is 4.54. The van der Waals surface area contributed by atoms with Gasteiger partial charge < -0.3 is 0 Å². The molecule has 0 aliphatic heterocycles. The van der Waals surface area contributed by atoms with Gasteiger partial charge in [0.05, 0.1) is 0 Å². The van der Waals surface area contributed by atoms with Crippen molar-refractivity contribution < 1.29 is 4.39 Å². The van der Waals surface area contributed by atoms with E-state index in [4.69, 9.17) is 0 Å². The lowest BCUT2D eigenvalue weighted by Gasteiger charge is -2.13. The lowest BCUT2D eigenvalue weighted by Crippen LogP contribution is -1.99. The van der Waals surface area contributed by atoms with Crippen LogP contribution in [0.25, 0.3) is 5.57 Å². The molecule has 82 valence electrons. The molecule has 0 saturated heterocycles. The van der Waals surface area contributed by atoms with Gasteiger partial charge in [0.1, 0.15) is 5.82 Å². The van der Waals surface area contributed by atoms with Gasteiger partial charge in [0.25, 0.3) is 0 Å². The molecule has 1 aromatic rings. The summed E-state index contributed by atoms with van der Waals surface area (Å²) >= 11 is 0. The SMILES string of the molecule is C=C(C)c1cc(F)c(C(C)C)cc1CC. The second-order valence-electron chi connectivity index (χ2n) is 4.32. The number of benzene rings is 1. The summed E-state index contributed by atoms with van der Waals surface area (Å²) in [5.74, 6) is 0.120. The minimum atomic E-state index is -0.111. The van der Waals surface area contributed by atoms with Crippen molar-refractivity contribution in [2.75, 3.05) is 0 Å². The third kappa shape index (κ3) is 2.47. The Hall–Kier alpha value is -1.11. The van der Waals surface area contributed by atoms with Crippen LogP contribution in [0.5, 0.6) is 0 Å². The lowest BCUT2D eigenvalue weighted by atomic mass is 9.93. The quantitative estimate of drug-likeness (QED) is 0.681. The average molecular weight is 206 g/mol. The van der Waals surface area contributed by atoms with Crippen molar-refractivity contribution in [2.45, 2.75) is 40.0 Å². The minimum absolute atomic E-state index is 0.111. The molecular weight excluding hydrogens is 187 g/mol. The van der Waals surface area contributed by atoms with E-state index >= 15 is 0 Å². The Bertz CT molecular complexity index is 375. The van der Waals surface area contributed by atoms with E-state index in [1.54, 1.807) is 6.07 Å². The number of allylic oxidation sites excluding steroid dienone is 1. The number of halogens is 1. The van der Waals surface area contributed by atoms with Crippen molar-refractivity contribution in [3.05, 3.63) is 41.2 Å². The fraction of sp³-hybridized carbons (Fsp3) is 0.429. The molecule has 0 spiro atoms. The monoisotopic (exact) mass is 206 g/mol. The Morgan fingerprint density at radius 1 is 1.40 bits per heavy atom. The van der Waals surface area contributed by atoms with Crippen LogP contribution in [-0.4, -0.2) is 0 Å². The molecule has 0 bridgehead atoms. The predicted molar refractivity (Wildman–Crippen MR) is 64.6 cm³/mol. The third-order valence-corrected chi connectivity index (χ3v) is 2.69. The van der Waals surface area contributed by atoms with Gasteiger partial charge in [-0.25, -0.2) is 4.39 Å². The maximum absolute atomic E-state index is 13.7. The zero-order chi connectivity index (χ0) is 11.6. The van der Waals surface area contributed by atoms with Crippen LogP contribution < -0.4 is 0 Å². The molecule has 0 radical (unpaired) electrons. The van der Waals surface area contributed by atoms with Crippen LogP contribution in [-0.2, 0) is 6.42 Å². The number of hydrogen-bond donors (Lipinski definition) is 0. The second kappa shape index (κ2) is 4.61. The van der Waals surface area contributed by atoms with Crippen molar-refractivity contribution in [1.29, 1.82) is 0 Å². The summed E-state index contributed by atoms with van der Waals surface area (Å²) in [6.07, 6.45) is 0.919. The standard InChI is InChI=1S/C14H19F/c1-6-11-7-13(10(4)5)14(15)8-12(11)9(2)3/h7-8,10H,2,6H2,1,3-5H3. The summed E-state index contributed by atoms with van der Waals surface area (Å²) in [5.41, 5.74) is 3.88. The number of aryl methyl sites for hydroxylation is 1. The Kier molecular flexibility index (Phi) is 3.67. The molecule has 0 saturated carbocycles.